The minimum atomic E-state index is -0.364. The van der Waals surface area contributed by atoms with Crippen LogP contribution in [0, 0.1) is 19.7 Å². The number of aromatic nitrogens is 2. The Morgan fingerprint density at radius 2 is 1.82 bits per heavy atom. The van der Waals surface area contributed by atoms with Gasteiger partial charge in [-0.05, 0) is 68.0 Å². The third-order valence-corrected chi connectivity index (χ3v) is 7.30. The van der Waals surface area contributed by atoms with Crippen molar-refractivity contribution in [2.45, 2.75) is 20.4 Å². The van der Waals surface area contributed by atoms with Crippen molar-refractivity contribution in [3.63, 3.8) is 0 Å². The molecule has 1 fully saturated rings. The van der Waals surface area contributed by atoms with Gasteiger partial charge in [-0.15, -0.1) is 0 Å². The van der Waals surface area contributed by atoms with Crippen LogP contribution < -0.4 is 5.01 Å². The number of fused-ring (bicyclic) bond motifs is 1. The van der Waals surface area contributed by atoms with Crippen LogP contribution >= 0.6 is 35.6 Å². The van der Waals surface area contributed by atoms with Gasteiger partial charge in [-0.3, -0.25) is 9.47 Å². The van der Waals surface area contributed by atoms with Crippen molar-refractivity contribution in [2.24, 2.45) is 0 Å². The van der Waals surface area contributed by atoms with Crippen LogP contribution in [-0.4, -0.2) is 19.5 Å². The highest BCUT2D eigenvalue weighted by atomic mass is 35.5. The zero-order valence-electron chi connectivity index (χ0n) is 17.9. The van der Waals surface area contributed by atoms with Crippen molar-refractivity contribution < 1.29 is 9.18 Å². The second-order valence-electron chi connectivity index (χ2n) is 7.89. The van der Waals surface area contributed by atoms with Crippen LogP contribution in [-0.2, 0) is 11.3 Å². The van der Waals surface area contributed by atoms with E-state index >= 15 is 0 Å². The quantitative estimate of drug-likeness (QED) is 0.241. The first-order valence-electron chi connectivity index (χ1n) is 10.3. The molecule has 1 aliphatic heterocycles. The summed E-state index contributed by atoms with van der Waals surface area (Å²) in [6.45, 7) is 4.38. The van der Waals surface area contributed by atoms with E-state index in [1.165, 1.54) is 23.9 Å². The van der Waals surface area contributed by atoms with E-state index < -0.39 is 0 Å². The SMILES string of the molecule is Cc1ccc(C)n1N1C(=O)/C(=C/c2cn(Cc3ccc(F)cc3Cl)c3ccccc23)SC1=S. The largest absolute Gasteiger partial charge is 0.342 e. The zero-order valence-corrected chi connectivity index (χ0v) is 20.3. The Kier molecular flexibility index (Phi) is 5.64. The lowest BCUT2D eigenvalue weighted by Gasteiger charge is -2.20. The number of thiocarbonyl (C=S) groups is 1. The second-order valence-corrected chi connectivity index (χ2v) is 9.97. The van der Waals surface area contributed by atoms with Crippen LogP contribution in [0.3, 0.4) is 0 Å². The van der Waals surface area contributed by atoms with Gasteiger partial charge < -0.3 is 4.57 Å². The molecule has 2 aromatic carbocycles. The van der Waals surface area contributed by atoms with Gasteiger partial charge in [-0.25, -0.2) is 4.39 Å². The van der Waals surface area contributed by atoms with Gasteiger partial charge in [0.15, 0.2) is 4.32 Å². The minimum absolute atomic E-state index is 0.147. The number of para-hydroxylation sites is 1. The fourth-order valence-corrected chi connectivity index (χ4v) is 5.56. The van der Waals surface area contributed by atoms with E-state index in [-0.39, 0.29) is 11.7 Å². The summed E-state index contributed by atoms with van der Waals surface area (Å²) in [7, 11) is 0. The Hall–Kier alpha value is -2.87. The summed E-state index contributed by atoms with van der Waals surface area (Å²) in [5.74, 6) is -0.511. The van der Waals surface area contributed by atoms with Crippen molar-refractivity contribution in [2.75, 3.05) is 5.01 Å². The van der Waals surface area contributed by atoms with Crippen molar-refractivity contribution in [1.29, 1.82) is 0 Å². The molecule has 8 heteroatoms. The summed E-state index contributed by atoms with van der Waals surface area (Å²) in [5.41, 5.74) is 4.60. The van der Waals surface area contributed by atoms with Gasteiger partial charge in [-0.2, -0.15) is 5.01 Å². The van der Waals surface area contributed by atoms with Gasteiger partial charge in [-0.1, -0.05) is 47.6 Å². The Balaban J connectivity index is 1.54. The number of hydrogen-bond donors (Lipinski definition) is 0. The Morgan fingerprint density at radius 3 is 2.55 bits per heavy atom. The van der Waals surface area contributed by atoms with Gasteiger partial charge in [0, 0.05) is 45.6 Å². The Bertz CT molecular complexity index is 1450. The number of halogens is 2. The van der Waals surface area contributed by atoms with E-state index in [2.05, 4.69) is 4.57 Å². The highest BCUT2D eigenvalue weighted by molar-refractivity contribution is 8.27. The van der Waals surface area contributed by atoms with Gasteiger partial charge in [0.1, 0.15) is 5.82 Å². The Labute approximate surface area is 205 Å². The third kappa shape index (κ3) is 3.90. The first-order valence-corrected chi connectivity index (χ1v) is 11.9. The smallest absolute Gasteiger partial charge is 0.285 e. The van der Waals surface area contributed by atoms with Gasteiger partial charge >= 0.3 is 0 Å². The first kappa shape index (κ1) is 21.9. The standard InChI is InChI=1S/C25H19ClFN3OS2/c1-15-7-8-16(2)29(15)30-24(31)23(33-25(30)32)11-18-14-28(22-6-4-3-5-20(18)22)13-17-9-10-19(27)12-21(17)26/h3-12,14H,13H2,1-2H3/b23-11-. The summed E-state index contributed by atoms with van der Waals surface area (Å²) < 4.78 is 17.9. The molecule has 0 spiro atoms. The number of carbonyl (C=O) groups is 1. The average molecular weight is 496 g/mol. The number of aryl methyl sites for hydroxylation is 2. The van der Waals surface area contributed by atoms with Gasteiger partial charge in [0.25, 0.3) is 5.91 Å². The number of thioether (sulfide) groups is 1. The minimum Gasteiger partial charge on any atom is -0.342 e. The fraction of sp³-hybridized carbons (Fsp3) is 0.120. The molecular weight excluding hydrogens is 477 g/mol. The van der Waals surface area contributed by atoms with Crippen LogP contribution in [0.25, 0.3) is 17.0 Å². The molecule has 2 aromatic heterocycles. The zero-order chi connectivity index (χ0) is 23.3. The first-order chi connectivity index (χ1) is 15.8. The van der Waals surface area contributed by atoms with Crippen LogP contribution in [0.4, 0.5) is 4.39 Å². The molecular formula is C25H19ClFN3OS2. The number of hydrogen-bond acceptors (Lipinski definition) is 3. The predicted molar refractivity (Wildman–Crippen MR) is 138 cm³/mol. The van der Waals surface area contributed by atoms with Gasteiger partial charge in [0.05, 0.1) is 4.91 Å². The van der Waals surface area contributed by atoms with Crippen LogP contribution in [0.1, 0.15) is 22.5 Å². The molecule has 1 aliphatic rings. The van der Waals surface area contributed by atoms with E-state index in [1.807, 2.05) is 67.2 Å². The summed E-state index contributed by atoms with van der Waals surface area (Å²) in [5, 5.41) is 2.94. The van der Waals surface area contributed by atoms with Crippen molar-refractivity contribution in [3.05, 3.63) is 99.1 Å². The van der Waals surface area contributed by atoms with Crippen molar-refractivity contribution >= 4 is 62.8 Å². The monoisotopic (exact) mass is 495 g/mol. The molecule has 0 unspecified atom stereocenters. The van der Waals surface area contributed by atoms with E-state index in [9.17, 15) is 9.18 Å². The van der Waals surface area contributed by atoms with E-state index in [0.29, 0.717) is 20.8 Å². The van der Waals surface area contributed by atoms with Crippen LogP contribution in [0.2, 0.25) is 5.02 Å². The lowest BCUT2D eigenvalue weighted by Crippen LogP contribution is -2.39. The molecule has 0 saturated carbocycles. The van der Waals surface area contributed by atoms with Crippen LogP contribution in [0.5, 0.6) is 0 Å². The summed E-state index contributed by atoms with van der Waals surface area (Å²) in [6.07, 6.45) is 3.88. The molecule has 5 rings (SSSR count). The molecule has 4 nitrogen and oxygen atoms in total. The molecule has 3 heterocycles. The Morgan fingerprint density at radius 1 is 1.09 bits per heavy atom. The summed E-state index contributed by atoms with van der Waals surface area (Å²) in [4.78, 5) is 13.9. The van der Waals surface area contributed by atoms with E-state index in [4.69, 9.17) is 23.8 Å². The van der Waals surface area contributed by atoms with Crippen LogP contribution in [0.15, 0.2) is 65.7 Å². The molecule has 1 saturated heterocycles. The average Bonchev–Trinajstić information content (AvgIpc) is 3.39. The topological polar surface area (TPSA) is 30.2 Å². The number of rotatable bonds is 4. The molecule has 33 heavy (non-hydrogen) atoms. The molecule has 0 bridgehead atoms. The predicted octanol–water partition coefficient (Wildman–Crippen LogP) is 6.44. The van der Waals surface area contributed by atoms with Gasteiger partial charge in [0.2, 0.25) is 0 Å². The molecule has 4 aromatic rings. The lowest BCUT2D eigenvalue weighted by molar-refractivity contribution is -0.114. The number of carbonyl (C=O) groups excluding carboxylic acids is 1. The molecule has 0 radical (unpaired) electrons. The lowest BCUT2D eigenvalue weighted by atomic mass is 10.1. The maximum atomic E-state index is 13.5. The molecule has 166 valence electrons. The van der Waals surface area contributed by atoms with E-state index in [1.54, 1.807) is 11.1 Å². The second kappa shape index (κ2) is 8.48. The highest BCUT2D eigenvalue weighted by Gasteiger charge is 2.35. The number of nitrogens with zero attached hydrogens (tertiary/aromatic N) is 3. The molecule has 0 N–H and O–H groups in total. The number of benzene rings is 2. The number of amides is 1. The molecule has 1 amide bonds. The van der Waals surface area contributed by atoms with E-state index in [0.717, 1.165) is 33.4 Å². The fourth-order valence-electron chi connectivity index (χ4n) is 4.10. The summed E-state index contributed by atoms with van der Waals surface area (Å²) >= 11 is 13.1. The normalized spacial score (nSPS) is 15.4. The maximum absolute atomic E-state index is 13.5. The summed E-state index contributed by atoms with van der Waals surface area (Å²) in [6, 6.07) is 16.3. The third-order valence-electron chi connectivity index (χ3n) is 5.67. The van der Waals surface area contributed by atoms with Crippen molar-refractivity contribution in [3.8, 4) is 0 Å². The maximum Gasteiger partial charge on any atom is 0.285 e. The molecule has 0 aliphatic carbocycles. The van der Waals surface area contributed by atoms with Crippen molar-refractivity contribution in [1.82, 2.24) is 9.24 Å². The highest BCUT2D eigenvalue weighted by Crippen LogP contribution is 2.35. The molecule has 0 atom stereocenters.